The number of nitrogens with one attached hydrogen (secondary N) is 1. The van der Waals surface area contributed by atoms with Gasteiger partial charge >= 0.3 is 0 Å². The van der Waals surface area contributed by atoms with Crippen LogP contribution in [0, 0.1) is 5.82 Å². The summed E-state index contributed by atoms with van der Waals surface area (Å²) in [6, 6.07) is 5.96. The van der Waals surface area contributed by atoms with Crippen molar-refractivity contribution in [3.8, 4) is 11.5 Å². The van der Waals surface area contributed by atoms with Gasteiger partial charge in [-0.05, 0) is 12.1 Å². The first-order chi connectivity index (χ1) is 9.62. The first kappa shape index (κ1) is 13.8. The number of ether oxygens (including phenoxy) is 2. The summed E-state index contributed by atoms with van der Waals surface area (Å²) in [5, 5.41) is 2.55. The molecule has 5 nitrogen and oxygen atoms in total. The summed E-state index contributed by atoms with van der Waals surface area (Å²) in [4.78, 5) is 15.7. The van der Waals surface area contributed by atoms with Crippen LogP contribution in [0.3, 0.4) is 0 Å². The SMILES string of the molecule is COc1cc(OC)cc(C(=O)Nc2cncc(F)c2)c1. The first-order valence-electron chi connectivity index (χ1n) is 5.77. The zero-order valence-electron chi connectivity index (χ0n) is 11.0. The highest BCUT2D eigenvalue weighted by molar-refractivity contribution is 6.04. The molecule has 0 saturated carbocycles. The maximum atomic E-state index is 13.0. The Morgan fingerprint density at radius 3 is 2.30 bits per heavy atom. The topological polar surface area (TPSA) is 60.5 Å². The molecular formula is C14H13FN2O3. The number of benzene rings is 1. The highest BCUT2D eigenvalue weighted by atomic mass is 19.1. The molecule has 1 amide bonds. The van der Waals surface area contributed by atoms with E-state index < -0.39 is 11.7 Å². The third-order valence-corrected chi connectivity index (χ3v) is 2.58. The van der Waals surface area contributed by atoms with Gasteiger partial charge in [0.05, 0.1) is 32.3 Å². The second kappa shape index (κ2) is 6.01. The van der Waals surface area contributed by atoms with Gasteiger partial charge in [0, 0.05) is 17.7 Å². The van der Waals surface area contributed by atoms with Gasteiger partial charge in [-0.25, -0.2) is 4.39 Å². The molecule has 0 radical (unpaired) electrons. The molecule has 1 aromatic carbocycles. The summed E-state index contributed by atoms with van der Waals surface area (Å²) in [5.41, 5.74) is 0.613. The van der Waals surface area contributed by atoms with Crippen LogP contribution in [-0.4, -0.2) is 25.1 Å². The van der Waals surface area contributed by atoms with Gasteiger partial charge in [-0.2, -0.15) is 0 Å². The van der Waals surface area contributed by atoms with Gasteiger partial charge in [-0.1, -0.05) is 0 Å². The molecule has 0 saturated heterocycles. The Balaban J connectivity index is 2.24. The van der Waals surface area contributed by atoms with Crippen molar-refractivity contribution in [3.05, 3.63) is 48.0 Å². The van der Waals surface area contributed by atoms with E-state index in [-0.39, 0.29) is 5.69 Å². The molecule has 20 heavy (non-hydrogen) atoms. The largest absolute Gasteiger partial charge is 0.497 e. The first-order valence-corrected chi connectivity index (χ1v) is 5.77. The number of amides is 1. The quantitative estimate of drug-likeness (QED) is 0.932. The van der Waals surface area contributed by atoms with Gasteiger partial charge in [-0.3, -0.25) is 9.78 Å². The molecule has 0 fully saturated rings. The summed E-state index contributed by atoms with van der Waals surface area (Å²) in [6.45, 7) is 0. The third kappa shape index (κ3) is 3.23. The Bertz CT molecular complexity index is 609. The Morgan fingerprint density at radius 1 is 1.10 bits per heavy atom. The minimum absolute atomic E-state index is 0.275. The minimum Gasteiger partial charge on any atom is -0.497 e. The molecule has 0 aliphatic carbocycles. The van der Waals surface area contributed by atoms with Gasteiger partial charge in [0.25, 0.3) is 5.91 Å². The van der Waals surface area contributed by atoms with Crippen molar-refractivity contribution in [1.82, 2.24) is 4.98 Å². The second-order valence-corrected chi connectivity index (χ2v) is 3.95. The maximum absolute atomic E-state index is 13.0. The Labute approximate surface area is 115 Å². The number of carbonyl (C=O) groups excluding carboxylic acids is 1. The van der Waals surface area contributed by atoms with E-state index in [1.807, 2.05) is 0 Å². The molecule has 0 aliphatic heterocycles. The van der Waals surface area contributed by atoms with E-state index in [4.69, 9.17) is 9.47 Å². The van der Waals surface area contributed by atoms with Crippen LogP contribution >= 0.6 is 0 Å². The van der Waals surface area contributed by atoms with Crippen LogP contribution in [0.5, 0.6) is 11.5 Å². The lowest BCUT2D eigenvalue weighted by atomic mass is 10.2. The van der Waals surface area contributed by atoms with Crippen molar-refractivity contribution in [3.63, 3.8) is 0 Å². The molecule has 0 aliphatic rings. The number of hydrogen-bond acceptors (Lipinski definition) is 4. The summed E-state index contributed by atoms with van der Waals surface area (Å²) < 4.78 is 23.2. The summed E-state index contributed by atoms with van der Waals surface area (Å²) >= 11 is 0. The molecule has 1 aromatic heterocycles. The lowest BCUT2D eigenvalue weighted by Crippen LogP contribution is -2.12. The fraction of sp³-hybridized carbons (Fsp3) is 0.143. The number of rotatable bonds is 4. The highest BCUT2D eigenvalue weighted by Gasteiger charge is 2.10. The lowest BCUT2D eigenvalue weighted by Gasteiger charge is -2.09. The van der Waals surface area contributed by atoms with E-state index in [9.17, 15) is 9.18 Å². The Hall–Kier alpha value is -2.63. The van der Waals surface area contributed by atoms with Crippen LogP contribution in [0.1, 0.15) is 10.4 Å². The van der Waals surface area contributed by atoms with Crippen LogP contribution in [0.4, 0.5) is 10.1 Å². The Kier molecular flexibility index (Phi) is 4.14. The van der Waals surface area contributed by atoms with Gasteiger partial charge in [0.2, 0.25) is 0 Å². The summed E-state index contributed by atoms with van der Waals surface area (Å²) in [7, 11) is 2.99. The van der Waals surface area contributed by atoms with Crippen LogP contribution in [0.15, 0.2) is 36.7 Å². The van der Waals surface area contributed by atoms with Crippen molar-refractivity contribution in [2.75, 3.05) is 19.5 Å². The second-order valence-electron chi connectivity index (χ2n) is 3.95. The number of anilines is 1. The standard InChI is InChI=1S/C14H13FN2O3/c1-19-12-3-9(4-13(6-12)20-2)14(18)17-11-5-10(15)7-16-8-11/h3-8H,1-2H3,(H,17,18). The zero-order valence-corrected chi connectivity index (χ0v) is 11.0. The van der Waals surface area contributed by atoms with Gasteiger partial charge in [0.1, 0.15) is 17.3 Å². The van der Waals surface area contributed by atoms with Gasteiger partial charge in [0.15, 0.2) is 0 Å². The molecule has 1 heterocycles. The monoisotopic (exact) mass is 276 g/mol. The molecular weight excluding hydrogens is 263 g/mol. The zero-order chi connectivity index (χ0) is 14.5. The van der Waals surface area contributed by atoms with E-state index in [0.717, 1.165) is 6.20 Å². The molecule has 0 bridgehead atoms. The molecule has 2 rings (SSSR count). The number of hydrogen-bond donors (Lipinski definition) is 1. The van der Waals surface area contributed by atoms with Crippen molar-refractivity contribution >= 4 is 11.6 Å². The number of aromatic nitrogens is 1. The molecule has 0 atom stereocenters. The van der Waals surface area contributed by atoms with Crippen molar-refractivity contribution < 1.29 is 18.7 Å². The number of carbonyl (C=O) groups is 1. The van der Waals surface area contributed by atoms with Gasteiger partial charge in [-0.15, -0.1) is 0 Å². The normalized spacial score (nSPS) is 9.95. The summed E-state index contributed by atoms with van der Waals surface area (Å²) in [6.07, 6.45) is 2.42. The van der Waals surface area contributed by atoms with Crippen molar-refractivity contribution in [2.24, 2.45) is 0 Å². The van der Waals surface area contributed by atoms with Crippen LogP contribution < -0.4 is 14.8 Å². The number of nitrogens with zero attached hydrogens (tertiary/aromatic N) is 1. The fourth-order valence-corrected chi connectivity index (χ4v) is 1.62. The predicted octanol–water partition coefficient (Wildman–Crippen LogP) is 2.49. The average molecular weight is 276 g/mol. The van der Waals surface area contributed by atoms with E-state index in [1.54, 1.807) is 18.2 Å². The maximum Gasteiger partial charge on any atom is 0.255 e. The summed E-state index contributed by atoms with van der Waals surface area (Å²) in [5.74, 6) is 0.0550. The fourth-order valence-electron chi connectivity index (χ4n) is 1.62. The number of pyridine rings is 1. The van der Waals surface area contributed by atoms with E-state index in [0.29, 0.717) is 17.1 Å². The minimum atomic E-state index is -0.522. The molecule has 6 heteroatoms. The third-order valence-electron chi connectivity index (χ3n) is 2.58. The van der Waals surface area contributed by atoms with E-state index in [2.05, 4.69) is 10.3 Å². The molecule has 0 spiro atoms. The lowest BCUT2D eigenvalue weighted by molar-refractivity contribution is 0.102. The molecule has 2 aromatic rings. The average Bonchev–Trinajstić information content (AvgIpc) is 2.46. The van der Waals surface area contributed by atoms with Crippen molar-refractivity contribution in [1.29, 1.82) is 0 Å². The number of halogens is 1. The van der Waals surface area contributed by atoms with E-state index >= 15 is 0 Å². The molecule has 1 N–H and O–H groups in total. The van der Waals surface area contributed by atoms with Crippen LogP contribution in [0.2, 0.25) is 0 Å². The van der Waals surface area contributed by atoms with Crippen LogP contribution in [-0.2, 0) is 0 Å². The predicted molar refractivity (Wildman–Crippen MR) is 71.7 cm³/mol. The molecule has 104 valence electrons. The van der Waals surface area contributed by atoms with Crippen LogP contribution in [0.25, 0.3) is 0 Å². The Morgan fingerprint density at radius 2 is 1.75 bits per heavy atom. The van der Waals surface area contributed by atoms with E-state index in [1.165, 1.54) is 26.5 Å². The highest BCUT2D eigenvalue weighted by Crippen LogP contribution is 2.23. The number of methoxy groups -OCH3 is 2. The molecule has 0 unspecified atom stereocenters. The van der Waals surface area contributed by atoms with Gasteiger partial charge < -0.3 is 14.8 Å². The smallest absolute Gasteiger partial charge is 0.255 e. The van der Waals surface area contributed by atoms with Crippen molar-refractivity contribution in [2.45, 2.75) is 0 Å².